The van der Waals surface area contributed by atoms with Crippen LogP contribution < -0.4 is 5.73 Å². The number of hydrogen-bond acceptors (Lipinski definition) is 4. The third kappa shape index (κ3) is 1.75. The lowest BCUT2D eigenvalue weighted by atomic mass is 10.1. The van der Waals surface area contributed by atoms with Crippen LogP contribution in [0.25, 0.3) is 0 Å². The Balaban J connectivity index is 2.23. The summed E-state index contributed by atoms with van der Waals surface area (Å²) in [4.78, 5) is 4.56. The average molecular weight is 214 g/mol. The molecule has 1 saturated heterocycles. The maximum absolute atomic E-state index is 5.54. The molecule has 2 rings (SSSR count). The number of rotatable bonds is 2. The van der Waals surface area contributed by atoms with Crippen LogP contribution in [-0.2, 0) is 11.3 Å². The first kappa shape index (κ1) is 9.49. The van der Waals surface area contributed by atoms with E-state index in [4.69, 9.17) is 5.73 Å². The van der Waals surface area contributed by atoms with Crippen molar-refractivity contribution in [2.24, 2.45) is 5.73 Å². The van der Waals surface area contributed by atoms with Gasteiger partial charge in [0.1, 0.15) is 5.01 Å². The Kier molecular flexibility index (Phi) is 2.62. The van der Waals surface area contributed by atoms with Gasteiger partial charge in [0.05, 0.1) is 10.4 Å². The van der Waals surface area contributed by atoms with E-state index in [1.807, 2.05) is 11.8 Å². The average Bonchev–Trinajstić information content (AvgIpc) is 2.72. The molecule has 4 heteroatoms. The molecule has 1 aliphatic rings. The summed E-state index contributed by atoms with van der Waals surface area (Å²) in [6.45, 7) is 2.86. The van der Waals surface area contributed by atoms with Gasteiger partial charge in [-0.05, 0) is 25.5 Å². The Morgan fingerprint density at radius 2 is 2.54 bits per heavy atom. The zero-order valence-corrected chi connectivity index (χ0v) is 9.38. The van der Waals surface area contributed by atoms with Crippen LogP contribution in [0.15, 0.2) is 5.38 Å². The van der Waals surface area contributed by atoms with Crippen LogP contribution in [0.5, 0.6) is 0 Å². The molecule has 0 bridgehead atoms. The number of thioether (sulfide) groups is 1. The first-order chi connectivity index (χ1) is 6.24. The summed E-state index contributed by atoms with van der Waals surface area (Å²) in [6, 6.07) is 0. The Labute approximate surface area is 86.9 Å². The molecule has 0 radical (unpaired) electrons. The number of hydrogen-bond donors (Lipinski definition) is 1. The van der Waals surface area contributed by atoms with Crippen molar-refractivity contribution in [1.82, 2.24) is 4.98 Å². The molecular weight excluding hydrogens is 200 g/mol. The summed E-state index contributed by atoms with van der Waals surface area (Å²) < 4.78 is 0.276. The van der Waals surface area contributed by atoms with Crippen LogP contribution in [0.2, 0.25) is 0 Å². The van der Waals surface area contributed by atoms with Crippen LogP contribution in [0.3, 0.4) is 0 Å². The second-order valence-corrected chi connectivity index (χ2v) is 5.99. The third-order valence-corrected chi connectivity index (χ3v) is 5.24. The Morgan fingerprint density at radius 1 is 1.69 bits per heavy atom. The van der Waals surface area contributed by atoms with Crippen LogP contribution in [-0.4, -0.2) is 10.7 Å². The molecule has 2 N–H and O–H groups in total. The predicted molar refractivity (Wildman–Crippen MR) is 59.0 cm³/mol. The number of aromatic nitrogens is 1. The minimum Gasteiger partial charge on any atom is -0.325 e. The first-order valence-corrected chi connectivity index (χ1v) is 6.40. The molecule has 1 unspecified atom stereocenters. The predicted octanol–water partition coefficient (Wildman–Crippen LogP) is 2.34. The van der Waals surface area contributed by atoms with Crippen molar-refractivity contribution < 1.29 is 0 Å². The number of nitrogens with two attached hydrogens (primary N) is 1. The second kappa shape index (κ2) is 3.59. The van der Waals surface area contributed by atoms with Gasteiger partial charge < -0.3 is 5.73 Å². The molecule has 0 aliphatic carbocycles. The highest BCUT2D eigenvalue weighted by molar-refractivity contribution is 8.00. The quantitative estimate of drug-likeness (QED) is 0.821. The first-order valence-electron chi connectivity index (χ1n) is 4.53. The molecule has 1 aliphatic heterocycles. The molecule has 1 atom stereocenters. The van der Waals surface area contributed by atoms with E-state index in [2.05, 4.69) is 17.3 Å². The standard InChI is InChI=1S/C9H14N2S2/c1-9(3-2-4-13-9)8-11-7(5-10)6-12-8/h6H,2-5,10H2,1H3. The summed E-state index contributed by atoms with van der Waals surface area (Å²) in [5.41, 5.74) is 6.58. The highest BCUT2D eigenvalue weighted by Gasteiger charge is 2.33. The fourth-order valence-corrected chi connectivity index (χ4v) is 4.03. The van der Waals surface area contributed by atoms with Crippen molar-refractivity contribution in [3.8, 4) is 0 Å². The van der Waals surface area contributed by atoms with E-state index in [1.165, 1.54) is 23.6 Å². The van der Waals surface area contributed by atoms with Gasteiger partial charge in [0.2, 0.25) is 0 Å². The van der Waals surface area contributed by atoms with E-state index in [0.717, 1.165) is 5.69 Å². The smallest absolute Gasteiger partial charge is 0.109 e. The van der Waals surface area contributed by atoms with Crippen molar-refractivity contribution in [2.75, 3.05) is 5.75 Å². The highest BCUT2D eigenvalue weighted by atomic mass is 32.2. The van der Waals surface area contributed by atoms with E-state index >= 15 is 0 Å². The molecule has 13 heavy (non-hydrogen) atoms. The topological polar surface area (TPSA) is 38.9 Å². The maximum atomic E-state index is 5.54. The molecule has 0 spiro atoms. The SMILES string of the molecule is CC1(c2nc(CN)cs2)CCCS1. The van der Waals surface area contributed by atoms with Crippen LogP contribution in [0.4, 0.5) is 0 Å². The van der Waals surface area contributed by atoms with Gasteiger partial charge in [-0.3, -0.25) is 0 Å². The van der Waals surface area contributed by atoms with Gasteiger partial charge in [0.15, 0.2) is 0 Å². The zero-order chi connectivity index (χ0) is 9.31. The summed E-state index contributed by atoms with van der Waals surface area (Å²) in [7, 11) is 0. The van der Waals surface area contributed by atoms with Crippen LogP contribution >= 0.6 is 23.1 Å². The van der Waals surface area contributed by atoms with Crippen molar-refractivity contribution in [3.05, 3.63) is 16.1 Å². The van der Waals surface area contributed by atoms with Gasteiger partial charge in [-0.25, -0.2) is 4.98 Å². The van der Waals surface area contributed by atoms with E-state index < -0.39 is 0 Å². The molecule has 0 saturated carbocycles. The zero-order valence-electron chi connectivity index (χ0n) is 7.75. The van der Waals surface area contributed by atoms with Gasteiger partial charge in [-0.2, -0.15) is 0 Å². The lowest BCUT2D eigenvalue weighted by Gasteiger charge is -2.18. The summed E-state index contributed by atoms with van der Waals surface area (Å²) in [5.74, 6) is 1.27. The molecule has 1 aromatic rings. The van der Waals surface area contributed by atoms with E-state index in [9.17, 15) is 0 Å². The molecular formula is C9H14N2S2. The van der Waals surface area contributed by atoms with Crippen molar-refractivity contribution in [1.29, 1.82) is 0 Å². The van der Waals surface area contributed by atoms with Crippen molar-refractivity contribution in [2.45, 2.75) is 31.1 Å². The van der Waals surface area contributed by atoms with E-state index in [-0.39, 0.29) is 4.75 Å². The van der Waals surface area contributed by atoms with Gasteiger partial charge in [-0.15, -0.1) is 23.1 Å². The lowest BCUT2D eigenvalue weighted by molar-refractivity contribution is 0.639. The Bertz CT molecular complexity index is 290. The second-order valence-electron chi connectivity index (χ2n) is 3.53. The molecule has 2 nitrogen and oxygen atoms in total. The van der Waals surface area contributed by atoms with Crippen molar-refractivity contribution >= 4 is 23.1 Å². The molecule has 72 valence electrons. The van der Waals surface area contributed by atoms with Gasteiger partial charge in [0.25, 0.3) is 0 Å². The summed E-state index contributed by atoms with van der Waals surface area (Å²) >= 11 is 3.79. The molecule has 1 fully saturated rings. The molecule has 1 aromatic heterocycles. The Hall–Kier alpha value is -0.0600. The molecule has 0 aromatic carbocycles. The van der Waals surface area contributed by atoms with E-state index in [0.29, 0.717) is 6.54 Å². The number of thiazole rings is 1. The summed E-state index contributed by atoms with van der Waals surface area (Å²) in [6.07, 6.45) is 2.58. The van der Waals surface area contributed by atoms with Gasteiger partial charge >= 0.3 is 0 Å². The van der Waals surface area contributed by atoms with Crippen LogP contribution in [0.1, 0.15) is 30.5 Å². The fraction of sp³-hybridized carbons (Fsp3) is 0.667. The van der Waals surface area contributed by atoms with E-state index in [1.54, 1.807) is 11.3 Å². The Morgan fingerprint density at radius 3 is 3.08 bits per heavy atom. The minimum atomic E-state index is 0.276. The van der Waals surface area contributed by atoms with Crippen molar-refractivity contribution in [3.63, 3.8) is 0 Å². The molecule has 0 amide bonds. The molecule has 2 heterocycles. The maximum Gasteiger partial charge on any atom is 0.109 e. The van der Waals surface area contributed by atoms with Gasteiger partial charge in [0, 0.05) is 11.9 Å². The number of nitrogens with zero attached hydrogens (tertiary/aromatic N) is 1. The third-order valence-electron chi connectivity index (χ3n) is 2.43. The van der Waals surface area contributed by atoms with Crippen LogP contribution in [0, 0.1) is 0 Å². The summed E-state index contributed by atoms with van der Waals surface area (Å²) in [5, 5.41) is 3.34. The lowest BCUT2D eigenvalue weighted by Crippen LogP contribution is -2.12. The monoisotopic (exact) mass is 214 g/mol. The normalized spacial score (nSPS) is 28.2. The largest absolute Gasteiger partial charge is 0.325 e. The highest BCUT2D eigenvalue weighted by Crippen LogP contribution is 2.46. The van der Waals surface area contributed by atoms with Gasteiger partial charge in [-0.1, -0.05) is 0 Å². The fourth-order valence-electron chi connectivity index (χ4n) is 1.59. The minimum absolute atomic E-state index is 0.276.